The van der Waals surface area contributed by atoms with Crippen molar-refractivity contribution < 1.29 is 9.59 Å². The van der Waals surface area contributed by atoms with Crippen LogP contribution in [-0.2, 0) is 9.59 Å². The van der Waals surface area contributed by atoms with Crippen molar-refractivity contribution >= 4 is 17.5 Å². The molecule has 1 aliphatic rings. The number of rotatable bonds is 6. The van der Waals surface area contributed by atoms with Crippen molar-refractivity contribution in [3.8, 4) is 0 Å². The molecule has 0 spiro atoms. The third-order valence-electron chi connectivity index (χ3n) is 4.45. The molecule has 1 aromatic carbocycles. The molecule has 0 bridgehead atoms. The second-order valence-corrected chi connectivity index (χ2v) is 6.28. The first-order chi connectivity index (χ1) is 10.6. The van der Waals surface area contributed by atoms with E-state index in [1.54, 1.807) is 0 Å². The van der Waals surface area contributed by atoms with Gasteiger partial charge >= 0.3 is 0 Å². The number of hydrogen-bond donors (Lipinski definition) is 2. The number of benzene rings is 1. The Morgan fingerprint density at radius 3 is 2.36 bits per heavy atom. The van der Waals surface area contributed by atoms with Gasteiger partial charge in [-0.1, -0.05) is 43.9 Å². The lowest BCUT2D eigenvalue weighted by Gasteiger charge is -2.12. The third kappa shape index (κ3) is 4.86. The molecule has 0 radical (unpaired) electrons. The summed E-state index contributed by atoms with van der Waals surface area (Å²) >= 11 is 0. The molecule has 0 aromatic heterocycles. The van der Waals surface area contributed by atoms with Crippen molar-refractivity contribution in [3.63, 3.8) is 0 Å². The molecule has 120 valence electrons. The molecule has 2 amide bonds. The number of carbonyl (C=O) groups is 2. The number of hydrogen-bond acceptors (Lipinski definition) is 2. The summed E-state index contributed by atoms with van der Waals surface area (Å²) in [6.07, 6.45) is 6.57. The summed E-state index contributed by atoms with van der Waals surface area (Å²) in [7, 11) is 0. The fourth-order valence-corrected chi connectivity index (χ4v) is 3.10. The average Bonchev–Trinajstić information content (AvgIpc) is 3.00. The highest BCUT2D eigenvalue weighted by atomic mass is 16.2. The van der Waals surface area contributed by atoms with E-state index in [0.717, 1.165) is 23.2 Å². The van der Waals surface area contributed by atoms with Crippen LogP contribution in [0.1, 0.15) is 49.7 Å². The van der Waals surface area contributed by atoms with Crippen molar-refractivity contribution in [3.05, 3.63) is 29.3 Å². The Hall–Kier alpha value is -1.84. The van der Waals surface area contributed by atoms with Crippen LogP contribution < -0.4 is 10.6 Å². The molecule has 1 saturated carbocycles. The summed E-state index contributed by atoms with van der Waals surface area (Å²) < 4.78 is 0. The predicted molar refractivity (Wildman–Crippen MR) is 88.7 cm³/mol. The van der Waals surface area contributed by atoms with E-state index in [2.05, 4.69) is 10.6 Å². The smallest absolute Gasteiger partial charge is 0.243 e. The molecule has 2 N–H and O–H groups in total. The molecule has 2 rings (SSSR count). The maximum atomic E-state index is 12.0. The van der Waals surface area contributed by atoms with Crippen molar-refractivity contribution in [2.75, 3.05) is 11.9 Å². The van der Waals surface area contributed by atoms with Gasteiger partial charge in [-0.15, -0.1) is 0 Å². The minimum atomic E-state index is -0.174. The van der Waals surface area contributed by atoms with Gasteiger partial charge in [-0.05, 0) is 37.3 Å². The van der Waals surface area contributed by atoms with Crippen LogP contribution in [0.2, 0.25) is 0 Å². The lowest BCUT2D eigenvalue weighted by atomic mass is 10.0. The highest BCUT2D eigenvalue weighted by Gasteiger charge is 2.16. The molecule has 1 aliphatic carbocycles. The van der Waals surface area contributed by atoms with Crippen LogP contribution in [0.3, 0.4) is 0 Å². The summed E-state index contributed by atoms with van der Waals surface area (Å²) in [5, 5.41) is 5.59. The number of anilines is 1. The molecule has 0 heterocycles. The molecular formula is C18H26N2O2. The van der Waals surface area contributed by atoms with Crippen molar-refractivity contribution in [2.45, 2.75) is 52.4 Å². The summed E-state index contributed by atoms with van der Waals surface area (Å²) in [6.45, 7) is 3.96. The number of carbonyl (C=O) groups excluding carboxylic acids is 2. The second kappa shape index (κ2) is 7.97. The molecule has 4 nitrogen and oxygen atoms in total. The van der Waals surface area contributed by atoms with Crippen LogP contribution in [-0.4, -0.2) is 18.4 Å². The Balaban J connectivity index is 1.71. The van der Waals surface area contributed by atoms with Gasteiger partial charge in [0, 0.05) is 12.1 Å². The van der Waals surface area contributed by atoms with Gasteiger partial charge in [-0.25, -0.2) is 0 Å². The molecule has 4 heteroatoms. The first-order valence-electron chi connectivity index (χ1n) is 8.19. The molecule has 1 fully saturated rings. The summed E-state index contributed by atoms with van der Waals surface area (Å²) in [5.41, 5.74) is 2.90. The Kier molecular flexibility index (Phi) is 5.99. The van der Waals surface area contributed by atoms with Gasteiger partial charge in [0.05, 0.1) is 6.54 Å². The SMILES string of the molecule is Cc1cccc(C)c1NC(=O)CNC(=O)CCC1CCCC1. The monoisotopic (exact) mass is 302 g/mol. The van der Waals surface area contributed by atoms with Crippen molar-refractivity contribution in [2.24, 2.45) is 5.92 Å². The maximum Gasteiger partial charge on any atom is 0.243 e. The molecule has 0 atom stereocenters. The predicted octanol–water partition coefficient (Wildman–Crippen LogP) is 3.33. The molecule has 0 aliphatic heterocycles. The normalized spacial score (nSPS) is 14.8. The van der Waals surface area contributed by atoms with Gasteiger partial charge in [0.15, 0.2) is 0 Å². The topological polar surface area (TPSA) is 58.2 Å². The van der Waals surface area contributed by atoms with Crippen LogP contribution in [0.4, 0.5) is 5.69 Å². The minimum absolute atomic E-state index is 0.0245. The minimum Gasteiger partial charge on any atom is -0.347 e. The summed E-state index contributed by atoms with van der Waals surface area (Å²) in [6, 6.07) is 5.89. The van der Waals surface area contributed by atoms with E-state index < -0.39 is 0 Å². The van der Waals surface area contributed by atoms with Crippen LogP contribution >= 0.6 is 0 Å². The highest BCUT2D eigenvalue weighted by Crippen LogP contribution is 2.28. The van der Waals surface area contributed by atoms with Gasteiger partial charge in [0.25, 0.3) is 0 Å². The Labute approximate surface area is 132 Å². The molecule has 22 heavy (non-hydrogen) atoms. The average molecular weight is 302 g/mol. The first-order valence-corrected chi connectivity index (χ1v) is 8.19. The second-order valence-electron chi connectivity index (χ2n) is 6.28. The Morgan fingerprint density at radius 2 is 1.73 bits per heavy atom. The van der Waals surface area contributed by atoms with Gasteiger partial charge in [-0.3, -0.25) is 9.59 Å². The highest BCUT2D eigenvalue weighted by molar-refractivity contribution is 5.95. The van der Waals surface area contributed by atoms with E-state index in [1.807, 2.05) is 32.0 Å². The molecule has 0 unspecified atom stereocenters. The van der Waals surface area contributed by atoms with Gasteiger partial charge < -0.3 is 10.6 Å². The zero-order valence-corrected chi connectivity index (χ0v) is 13.6. The van der Waals surface area contributed by atoms with Crippen LogP contribution in [0, 0.1) is 19.8 Å². The van der Waals surface area contributed by atoms with E-state index in [-0.39, 0.29) is 18.4 Å². The fourth-order valence-electron chi connectivity index (χ4n) is 3.10. The van der Waals surface area contributed by atoms with Crippen molar-refractivity contribution in [1.82, 2.24) is 5.32 Å². The van der Waals surface area contributed by atoms with Gasteiger partial charge in [0.2, 0.25) is 11.8 Å². The molecule has 1 aromatic rings. The third-order valence-corrected chi connectivity index (χ3v) is 4.45. The number of nitrogens with one attached hydrogen (secondary N) is 2. The van der Waals surface area contributed by atoms with Crippen molar-refractivity contribution in [1.29, 1.82) is 0 Å². The zero-order valence-electron chi connectivity index (χ0n) is 13.6. The molecular weight excluding hydrogens is 276 g/mol. The number of amides is 2. The van der Waals surface area contributed by atoms with E-state index >= 15 is 0 Å². The van der Waals surface area contributed by atoms with Crippen LogP contribution in [0.5, 0.6) is 0 Å². The first kappa shape index (κ1) is 16.5. The number of para-hydroxylation sites is 1. The van der Waals surface area contributed by atoms with Gasteiger partial charge in [0.1, 0.15) is 0 Å². The number of aryl methyl sites for hydroxylation is 2. The van der Waals surface area contributed by atoms with Crippen LogP contribution in [0.15, 0.2) is 18.2 Å². The quantitative estimate of drug-likeness (QED) is 0.847. The lowest BCUT2D eigenvalue weighted by molar-refractivity contribution is -0.124. The van der Waals surface area contributed by atoms with E-state index in [1.165, 1.54) is 25.7 Å². The Bertz CT molecular complexity index is 514. The van der Waals surface area contributed by atoms with E-state index in [4.69, 9.17) is 0 Å². The summed E-state index contributed by atoms with van der Waals surface area (Å²) in [5.74, 6) is 0.504. The fraction of sp³-hybridized carbons (Fsp3) is 0.556. The Morgan fingerprint density at radius 1 is 1.09 bits per heavy atom. The van der Waals surface area contributed by atoms with Gasteiger partial charge in [-0.2, -0.15) is 0 Å². The van der Waals surface area contributed by atoms with E-state index in [9.17, 15) is 9.59 Å². The largest absolute Gasteiger partial charge is 0.347 e. The zero-order chi connectivity index (χ0) is 15.9. The molecule has 0 saturated heterocycles. The summed E-state index contributed by atoms with van der Waals surface area (Å²) in [4.78, 5) is 23.8. The lowest BCUT2D eigenvalue weighted by Crippen LogP contribution is -2.33. The van der Waals surface area contributed by atoms with E-state index in [0.29, 0.717) is 12.3 Å². The van der Waals surface area contributed by atoms with Crippen LogP contribution in [0.25, 0.3) is 0 Å². The standard InChI is InChI=1S/C18H26N2O2/c1-13-6-5-7-14(2)18(13)20-17(22)12-19-16(21)11-10-15-8-3-4-9-15/h5-7,15H,3-4,8-12H2,1-2H3,(H,19,21)(H,20,22). The maximum absolute atomic E-state index is 12.0.